The number of rotatable bonds is 3. The van der Waals surface area contributed by atoms with E-state index in [-0.39, 0.29) is 17.5 Å². The molecule has 1 N–H and O–H groups in total. The minimum Gasteiger partial charge on any atom is -0.308 e. The summed E-state index contributed by atoms with van der Waals surface area (Å²) in [6, 6.07) is 12.5. The number of anilines is 1. The molecule has 1 atom stereocenters. The quantitative estimate of drug-likeness (QED) is 0.679. The highest BCUT2D eigenvalue weighted by molar-refractivity contribution is 7.93. The molecule has 1 unspecified atom stereocenters. The topological polar surface area (TPSA) is 92.5 Å². The van der Waals surface area contributed by atoms with Crippen LogP contribution in [-0.2, 0) is 16.6 Å². The van der Waals surface area contributed by atoms with Crippen molar-refractivity contribution in [2.45, 2.75) is 24.4 Å². The summed E-state index contributed by atoms with van der Waals surface area (Å²) in [5.41, 5.74) is 0.969. The fourth-order valence-corrected chi connectivity index (χ4v) is 4.52. The minimum atomic E-state index is -4.06. The van der Waals surface area contributed by atoms with Crippen molar-refractivity contribution in [1.29, 1.82) is 0 Å². The van der Waals surface area contributed by atoms with E-state index in [0.29, 0.717) is 12.2 Å². The van der Waals surface area contributed by atoms with Gasteiger partial charge >= 0.3 is 0 Å². The van der Waals surface area contributed by atoms with E-state index in [0.717, 1.165) is 5.56 Å². The predicted octanol–water partition coefficient (Wildman–Crippen LogP) is 2.28. The zero-order valence-electron chi connectivity index (χ0n) is 13.0. The van der Waals surface area contributed by atoms with E-state index in [1.54, 1.807) is 12.1 Å². The molecule has 1 aliphatic rings. The van der Waals surface area contributed by atoms with E-state index in [1.807, 2.05) is 19.1 Å². The van der Waals surface area contributed by atoms with Gasteiger partial charge in [-0.05, 0) is 24.6 Å². The Morgan fingerprint density at radius 3 is 2.58 bits per heavy atom. The van der Waals surface area contributed by atoms with Gasteiger partial charge in [0.25, 0.3) is 15.7 Å². The maximum atomic E-state index is 13.2. The summed E-state index contributed by atoms with van der Waals surface area (Å²) in [6.07, 6.45) is 0. The highest BCUT2D eigenvalue weighted by Gasteiger charge is 2.34. The molecule has 8 heteroatoms. The number of benzene rings is 2. The first-order valence-corrected chi connectivity index (χ1v) is 8.92. The highest BCUT2D eigenvalue weighted by Crippen LogP contribution is 2.32. The lowest BCUT2D eigenvalue weighted by molar-refractivity contribution is -0.387. The summed E-state index contributed by atoms with van der Waals surface area (Å²) in [5, 5.41) is 14.5. The Morgan fingerprint density at radius 1 is 1.17 bits per heavy atom. The number of nitro groups is 1. The first-order chi connectivity index (χ1) is 11.4. The molecule has 1 aliphatic heterocycles. The fraction of sp³-hybridized carbons (Fsp3) is 0.250. The van der Waals surface area contributed by atoms with Gasteiger partial charge in [0, 0.05) is 25.2 Å². The second kappa shape index (κ2) is 6.21. The number of nitrogens with zero attached hydrogens (tertiary/aromatic N) is 2. The maximum Gasteiger partial charge on any atom is 0.289 e. The summed E-state index contributed by atoms with van der Waals surface area (Å²) in [5.74, 6) is 0. The average Bonchev–Trinajstić information content (AvgIpc) is 2.75. The molecule has 2 aromatic rings. The van der Waals surface area contributed by atoms with Crippen LogP contribution in [0.2, 0.25) is 0 Å². The van der Waals surface area contributed by atoms with Crippen molar-refractivity contribution >= 4 is 21.4 Å². The summed E-state index contributed by atoms with van der Waals surface area (Å²) in [6.45, 7) is 2.62. The molecule has 0 aromatic heterocycles. The van der Waals surface area contributed by atoms with Crippen molar-refractivity contribution in [3.8, 4) is 0 Å². The lowest BCUT2D eigenvalue weighted by Crippen LogP contribution is -2.39. The molecule has 24 heavy (non-hydrogen) atoms. The lowest BCUT2D eigenvalue weighted by atomic mass is 10.2. The van der Waals surface area contributed by atoms with Crippen LogP contribution in [0.5, 0.6) is 0 Å². The van der Waals surface area contributed by atoms with Gasteiger partial charge in [0.1, 0.15) is 0 Å². The van der Waals surface area contributed by atoms with Crippen LogP contribution >= 0.6 is 0 Å². The van der Waals surface area contributed by atoms with Gasteiger partial charge in [0.05, 0.1) is 10.6 Å². The van der Waals surface area contributed by atoms with Crippen LogP contribution in [0.4, 0.5) is 11.4 Å². The number of fused-ring (bicyclic) bond motifs is 1. The molecule has 0 radical (unpaired) electrons. The van der Waals surface area contributed by atoms with Crippen LogP contribution in [0.1, 0.15) is 12.5 Å². The molecule has 0 amide bonds. The number of hydrogen-bond acceptors (Lipinski definition) is 5. The van der Waals surface area contributed by atoms with Gasteiger partial charge in [-0.1, -0.05) is 30.3 Å². The van der Waals surface area contributed by atoms with Crippen molar-refractivity contribution in [1.82, 2.24) is 5.32 Å². The molecular weight excluding hydrogens is 330 g/mol. The molecule has 126 valence electrons. The molecule has 1 heterocycles. The molecule has 2 aromatic carbocycles. The van der Waals surface area contributed by atoms with E-state index in [2.05, 4.69) is 5.32 Å². The molecule has 0 saturated carbocycles. The van der Waals surface area contributed by atoms with Gasteiger partial charge in [-0.3, -0.25) is 14.4 Å². The third kappa shape index (κ3) is 2.85. The molecule has 0 saturated heterocycles. The number of hydrogen-bond donors (Lipinski definition) is 1. The third-order valence-corrected chi connectivity index (χ3v) is 5.80. The van der Waals surface area contributed by atoms with Crippen LogP contribution in [-0.4, -0.2) is 25.9 Å². The SMILES string of the molecule is CC1CN(S(=O)(=O)c2ccccc2[N+](=O)[O-])c2ccccc2CN1. The molecule has 3 rings (SSSR count). The van der Waals surface area contributed by atoms with Crippen LogP contribution < -0.4 is 9.62 Å². The fourth-order valence-electron chi connectivity index (χ4n) is 2.77. The molecule has 0 spiro atoms. The number of para-hydroxylation sites is 2. The Morgan fingerprint density at radius 2 is 1.83 bits per heavy atom. The highest BCUT2D eigenvalue weighted by atomic mass is 32.2. The Kier molecular flexibility index (Phi) is 4.25. The smallest absolute Gasteiger partial charge is 0.289 e. The van der Waals surface area contributed by atoms with Crippen LogP contribution in [0.3, 0.4) is 0 Å². The normalized spacial score (nSPS) is 17.9. The zero-order valence-corrected chi connectivity index (χ0v) is 13.9. The van der Waals surface area contributed by atoms with Crippen LogP contribution in [0, 0.1) is 10.1 Å². The van der Waals surface area contributed by atoms with Crippen molar-refractivity contribution in [3.63, 3.8) is 0 Å². The van der Waals surface area contributed by atoms with Crippen LogP contribution in [0.15, 0.2) is 53.4 Å². The van der Waals surface area contributed by atoms with E-state index >= 15 is 0 Å². The van der Waals surface area contributed by atoms with Gasteiger partial charge in [-0.2, -0.15) is 0 Å². The molecule has 0 bridgehead atoms. The van der Waals surface area contributed by atoms with Crippen molar-refractivity contribution in [2.75, 3.05) is 10.8 Å². The zero-order chi connectivity index (χ0) is 17.3. The summed E-state index contributed by atoms with van der Waals surface area (Å²) in [4.78, 5) is 10.3. The standard InChI is InChI=1S/C16H17N3O4S/c1-12-11-18(14-7-3-2-6-13(14)10-17-12)24(22,23)16-9-5-4-8-15(16)19(20)21/h2-9,12,17H,10-11H2,1H3. The molecular formula is C16H17N3O4S. The largest absolute Gasteiger partial charge is 0.308 e. The van der Waals surface area contributed by atoms with Gasteiger partial charge < -0.3 is 5.32 Å². The second-order valence-corrected chi connectivity index (χ2v) is 7.50. The number of nitro benzene ring substituents is 1. The average molecular weight is 347 g/mol. The van der Waals surface area contributed by atoms with E-state index in [4.69, 9.17) is 0 Å². The minimum absolute atomic E-state index is 0.0880. The second-order valence-electron chi connectivity index (χ2n) is 5.67. The molecule has 0 fully saturated rings. The first kappa shape index (κ1) is 16.4. The molecule has 0 aliphatic carbocycles. The third-order valence-electron chi connectivity index (χ3n) is 3.97. The Labute approximate surface area is 140 Å². The summed E-state index contributed by atoms with van der Waals surface area (Å²) in [7, 11) is -4.06. The first-order valence-electron chi connectivity index (χ1n) is 7.48. The van der Waals surface area contributed by atoms with Gasteiger partial charge in [0.2, 0.25) is 0 Å². The van der Waals surface area contributed by atoms with Crippen molar-refractivity contribution in [3.05, 3.63) is 64.2 Å². The van der Waals surface area contributed by atoms with Gasteiger partial charge in [-0.25, -0.2) is 8.42 Å². The number of sulfonamides is 1. The van der Waals surface area contributed by atoms with Gasteiger partial charge in [0.15, 0.2) is 4.90 Å². The number of nitrogens with one attached hydrogen (secondary N) is 1. The van der Waals surface area contributed by atoms with Crippen LogP contribution in [0.25, 0.3) is 0 Å². The van der Waals surface area contributed by atoms with Gasteiger partial charge in [-0.15, -0.1) is 0 Å². The molecule has 7 nitrogen and oxygen atoms in total. The monoisotopic (exact) mass is 347 g/mol. The van der Waals surface area contributed by atoms with Crippen molar-refractivity contribution < 1.29 is 13.3 Å². The summed E-state index contributed by atoms with van der Waals surface area (Å²) < 4.78 is 27.6. The Hall–Kier alpha value is -2.45. The Bertz CT molecular complexity index is 882. The van der Waals surface area contributed by atoms with E-state index < -0.39 is 20.6 Å². The Balaban J connectivity index is 2.18. The van der Waals surface area contributed by atoms with E-state index in [9.17, 15) is 18.5 Å². The maximum absolute atomic E-state index is 13.2. The van der Waals surface area contributed by atoms with E-state index in [1.165, 1.54) is 28.6 Å². The summed E-state index contributed by atoms with van der Waals surface area (Å²) >= 11 is 0. The lowest BCUT2D eigenvalue weighted by Gasteiger charge is -2.25. The van der Waals surface area contributed by atoms with Crippen molar-refractivity contribution in [2.24, 2.45) is 0 Å². The predicted molar refractivity (Wildman–Crippen MR) is 90.4 cm³/mol.